The van der Waals surface area contributed by atoms with Crippen LogP contribution in [0.4, 0.5) is 0 Å². The summed E-state index contributed by atoms with van der Waals surface area (Å²) >= 11 is 0. The molecule has 2 rings (SSSR count). The summed E-state index contributed by atoms with van der Waals surface area (Å²) < 4.78 is 0. The predicted octanol–water partition coefficient (Wildman–Crippen LogP) is 3.67. The second kappa shape index (κ2) is 6.23. The van der Waals surface area contributed by atoms with E-state index in [1.807, 2.05) is 39.0 Å². The predicted molar refractivity (Wildman–Crippen MR) is 83.0 cm³/mol. The highest BCUT2D eigenvalue weighted by Crippen LogP contribution is 2.19. The molecule has 21 heavy (non-hydrogen) atoms. The monoisotopic (exact) mass is 278 g/mol. The fraction of sp³-hybridized carbons (Fsp3) is 0.222. The lowest BCUT2D eigenvalue weighted by molar-refractivity contribution is 0.0940. The van der Waals surface area contributed by atoms with Crippen molar-refractivity contribution in [3.05, 3.63) is 70.3 Å². The molecule has 0 aromatic heterocycles. The first kappa shape index (κ1) is 14.8. The number of carbonyl (C=O) groups excluding carboxylic acids is 1. The van der Waals surface area contributed by atoms with Crippen LogP contribution in [0.15, 0.2) is 42.5 Å². The summed E-state index contributed by atoms with van der Waals surface area (Å²) in [6.07, 6.45) is 0. The van der Waals surface area contributed by atoms with Gasteiger partial charge in [0.15, 0.2) is 0 Å². The van der Waals surface area contributed by atoms with Crippen molar-refractivity contribution in [3.63, 3.8) is 0 Å². The zero-order valence-electron chi connectivity index (χ0n) is 12.5. The number of nitrogens with zero attached hydrogens (tertiary/aromatic N) is 1. The SMILES string of the molecule is Cc1ccc([C@@H](C)NC(=O)c2cccc(C#N)c2)c(C)c1. The average molecular weight is 278 g/mol. The number of carbonyl (C=O) groups is 1. The highest BCUT2D eigenvalue weighted by molar-refractivity contribution is 5.94. The third-order valence-electron chi connectivity index (χ3n) is 3.49. The first-order valence-corrected chi connectivity index (χ1v) is 6.89. The van der Waals surface area contributed by atoms with Crippen LogP contribution in [0.3, 0.4) is 0 Å². The lowest BCUT2D eigenvalue weighted by atomic mass is 10.00. The Morgan fingerprint density at radius 2 is 1.95 bits per heavy atom. The maximum Gasteiger partial charge on any atom is 0.251 e. The van der Waals surface area contributed by atoms with E-state index in [4.69, 9.17) is 5.26 Å². The second-order valence-corrected chi connectivity index (χ2v) is 5.25. The first-order chi connectivity index (χ1) is 10.0. The van der Waals surface area contributed by atoms with Gasteiger partial charge < -0.3 is 5.32 Å². The molecule has 0 aliphatic carbocycles. The van der Waals surface area contributed by atoms with Gasteiger partial charge in [-0.2, -0.15) is 5.26 Å². The molecule has 3 heteroatoms. The van der Waals surface area contributed by atoms with Gasteiger partial charge in [-0.25, -0.2) is 0 Å². The lowest BCUT2D eigenvalue weighted by Gasteiger charge is -2.17. The van der Waals surface area contributed by atoms with E-state index in [1.54, 1.807) is 24.3 Å². The molecule has 0 bridgehead atoms. The third kappa shape index (κ3) is 3.49. The van der Waals surface area contributed by atoms with E-state index in [0.29, 0.717) is 11.1 Å². The van der Waals surface area contributed by atoms with Gasteiger partial charge in [-0.15, -0.1) is 0 Å². The highest BCUT2D eigenvalue weighted by Gasteiger charge is 2.13. The fourth-order valence-electron chi connectivity index (χ4n) is 2.40. The summed E-state index contributed by atoms with van der Waals surface area (Å²) in [6, 6.07) is 14.9. The van der Waals surface area contributed by atoms with Gasteiger partial charge in [0, 0.05) is 5.56 Å². The number of hydrogen-bond donors (Lipinski definition) is 1. The summed E-state index contributed by atoms with van der Waals surface area (Å²) in [7, 11) is 0. The quantitative estimate of drug-likeness (QED) is 0.931. The van der Waals surface area contributed by atoms with E-state index in [2.05, 4.69) is 11.4 Å². The van der Waals surface area contributed by atoms with Gasteiger partial charge in [0.1, 0.15) is 0 Å². The molecular weight excluding hydrogens is 260 g/mol. The van der Waals surface area contributed by atoms with Crippen LogP contribution in [0.25, 0.3) is 0 Å². The molecular formula is C18H18N2O. The third-order valence-corrected chi connectivity index (χ3v) is 3.49. The zero-order chi connectivity index (χ0) is 15.4. The van der Waals surface area contributed by atoms with E-state index in [1.165, 1.54) is 5.56 Å². The minimum atomic E-state index is -0.167. The Bertz CT molecular complexity index is 713. The van der Waals surface area contributed by atoms with Crippen molar-refractivity contribution < 1.29 is 4.79 Å². The van der Waals surface area contributed by atoms with Crippen LogP contribution < -0.4 is 5.32 Å². The Morgan fingerprint density at radius 3 is 2.62 bits per heavy atom. The summed E-state index contributed by atoms with van der Waals surface area (Å²) in [5.74, 6) is -0.167. The fourth-order valence-corrected chi connectivity index (χ4v) is 2.40. The van der Waals surface area contributed by atoms with Crippen molar-refractivity contribution in [3.8, 4) is 6.07 Å². The Morgan fingerprint density at radius 1 is 1.19 bits per heavy atom. The largest absolute Gasteiger partial charge is 0.346 e. The molecule has 0 spiro atoms. The highest BCUT2D eigenvalue weighted by atomic mass is 16.1. The van der Waals surface area contributed by atoms with Gasteiger partial charge in [-0.3, -0.25) is 4.79 Å². The van der Waals surface area contributed by atoms with Crippen molar-refractivity contribution in [2.75, 3.05) is 0 Å². The van der Waals surface area contributed by atoms with Gasteiger partial charge in [-0.1, -0.05) is 29.8 Å². The molecule has 1 amide bonds. The first-order valence-electron chi connectivity index (χ1n) is 6.89. The molecule has 3 nitrogen and oxygen atoms in total. The van der Waals surface area contributed by atoms with Crippen molar-refractivity contribution in [1.29, 1.82) is 5.26 Å². The molecule has 0 saturated heterocycles. The average Bonchev–Trinajstić information content (AvgIpc) is 2.47. The maximum atomic E-state index is 12.3. The van der Waals surface area contributed by atoms with Crippen molar-refractivity contribution in [2.24, 2.45) is 0 Å². The molecule has 2 aromatic rings. The number of hydrogen-bond acceptors (Lipinski definition) is 2. The topological polar surface area (TPSA) is 52.9 Å². The van der Waals surface area contributed by atoms with Gasteiger partial charge in [0.25, 0.3) is 5.91 Å². The number of amides is 1. The molecule has 0 aliphatic rings. The number of aryl methyl sites for hydroxylation is 2. The molecule has 0 heterocycles. The Kier molecular flexibility index (Phi) is 4.39. The molecule has 0 aliphatic heterocycles. The van der Waals surface area contributed by atoms with Crippen LogP contribution in [0.1, 0.15) is 45.6 Å². The Balaban J connectivity index is 2.17. The lowest BCUT2D eigenvalue weighted by Crippen LogP contribution is -2.27. The summed E-state index contributed by atoms with van der Waals surface area (Å²) in [5.41, 5.74) is 4.46. The van der Waals surface area contributed by atoms with Gasteiger partial charge in [-0.05, 0) is 50.1 Å². The molecule has 0 fully saturated rings. The molecule has 1 N–H and O–H groups in total. The van der Waals surface area contributed by atoms with Crippen LogP contribution in [0.5, 0.6) is 0 Å². The molecule has 0 radical (unpaired) electrons. The number of rotatable bonds is 3. The van der Waals surface area contributed by atoms with E-state index in [-0.39, 0.29) is 11.9 Å². The smallest absolute Gasteiger partial charge is 0.251 e. The van der Waals surface area contributed by atoms with Crippen molar-refractivity contribution >= 4 is 5.91 Å². The van der Waals surface area contributed by atoms with Crippen molar-refractivity contribution in [2.45, 2.75) is 26.8 Å². The summed E-state index contributed by atoms with van der Waals surface area (Å²) in [5, 5.41) is 11.9. The zero-order valence-corrected chi connectivity index (χ0v) is 12.5. The Hall–Kier alpha value is -2.60. The molecule has 0 unspecified atom stereocenters. The molecule has 106 valence electrons. The summed E-state index contributed by atoms with van der Waals surface area (Å²) in [4.78, 5) is 12.3. The van der Waals surface area contributed by atoms with Crippen LogP contribution in [-0.2, 0) is 0 Å². The van der Waals surface area contributed by atoms with E-state index >= 15 is 0 Å². The number of benzene rings is 2. The number of nitriles is 1. The Labute approximate surface area is 125 Å². The van der Waals surface area contributed by atoms with Gasteiger partial charge >= 0.3 is 0 Å². The van der Waals surface area contributed by atoms with Crippen LogP contribution in [0, 0.1) is 25.2 Å². The van der Waals surface area contributed by atoms with E-state index in [9.17, 15) is 4.79 Å². The molecule has 1 atom stereocenters. The minimum Gasteiger partial charge on any atom is -0.346 e. The minimum absolute atomic E-state index is 0.0798. The standard InChI is InChI=1S/C18H18N2O/c1-12-7-8-17(13(2)9-12)14(3)20-18(21)16-6-4-5-15(10-16)11-19/h4-10,14H,1-3H3,(H,20,21)/t14-/m1/s1. The summed E-state index contributed by atoms with van der Waals surface area (Å²) in [6.45, 7) is 6.05. The van der Waals surface area contributed by atoms with E-state index < -0.39 is 0 Å². The van der Waals surface area contributed by atoms with Crippen LogP contribution in [0.2, 0.25) is 0 Å². The molecule has 2 aromatic carbocycles. The maximum absolute atomic E-state index is 12.3. The van der Waals surface area contributed by atoms with Gasteiger partial charge in [0.05, 0.1) is 17.7 Å². The normalized spacial score (nSPS) is 11.5. The second-order valence-electron chi connectivity index (χ2n) is 5.25. The van der Waals surface area contributed by atoms with Crippen LogP contribution in [-0.4, -0.2) is 5.91 Å². The van der Waals surface area contributed by atoms with E-state index in [0.717, 1.165) is 11.1 Å². The molecule has 0 saturated carbocycles. The number of nitrogens with one attached hydrogen (secondary N) is 1. The van der Waals surface area contributed by atoms with Gasteiger partial charge in [0.2, 0.25) is 0 Å². The van der Waals surface area contributed by atoms with Crippen LogP contribution >= 0.6 is 0 Å². The van der Waals surface area contributed by atoms with Crippen molar-refractivity contribution in [1.82, 2.24) is 5.32 Å².